The van der Waals surface area contributed by atoms with Gasteiger partial charge in [0, 0.05) is 14.1 Å². The molecule has 0 aliphatic carbocycles. The van der Waals surface area contributed by atoms with Crippen LogP contribution in [0.2, 0.25) is 0 Å². The van der Waals surface area contributed by atoms with Gasteiger partial charge in [0.1, 0.15) is 6.61 Å². The maximum atomic E-state index is 12.4. The van der Waals surface area contributed by atoms with E-state index < -0.39 is 0 Å². The van der Waals surface area contributed by atoms with Crippen LogP contribution in [0.4, 0.5) is 0 Å². The Morgan fingerprint density at radius 1 is 1.07 bits per heavy atom. The lowest BCUT2D eigenvalue weighted by Gasteiger charge is -2.13. The molecule has 4 rings (SSSR count). The minimum absolute atomic E-state index is 0.0594. The molecule has 1 heterocycles. The third-order valence-corrected chi connectivity index (χ3v) is 6.09. The number of likely N-dealkylation sites (N-methyl/N-ethyl adjacent to an activating group) is 1. The number of nitrogens with zero attached hydrogens (tertiary/aromatic N) is 2. The van der Waals surface area contributed by atoms with E-state index in [9.17, 15) is 4.79 Å². The van der Waals surface area contributed by atoms with Crippen LogP contribution < -0.4 is 9.47 Å². The van der Waals surface area contributed by atoms with E-state index in [0.717, 1.165) is 11.1 Å². The first kappa shape index (κ1) is 20.0. The minimum atomic E-state index is -0.0594. The molecule has 5 nitrogen and oxygen atoms in total. The molecule has 1 aliphatic rings. The Kier molecular flexibility index (Phi) is 5.77. The number of amidine groups is 1. The van der Waals surface area contributed by atoms with Gasteiger partial charge >= 0.3 is 0 Å². The number of methoxy groups -OCH3 is 1. The zero-order valence-electron chi connectivity index (χ0n) is 17.1. The van der Waals surface area contributed by atoms with Crippen molar-refractivity contribution in [3.8, 4) is 11.5 Å². The van der Waals surface area contributed by atoms with Crippen LogP contribution in [0.25, 0.3) is 16.8 Å². The maximum Gasteiger partial charge on any atom is 0.266 e. The van der Waals surface area contributed by atoms with Crippen molar-refractivity contribution in [2.75, 3.05) is 21.2 Å². The molecule has 1 fully saturated rings. The van der Waals surface area contributed by atoms with Crippen LogP contribution >= 0.6 is 11.8 Å². The SMILES string of the molecule is CN=C1S/C(=C/c2ccc(OCc3cccc4ccccc34)c(OC)c2)C(=O)N1C. The lowest BCUT2D eigenvalue weighted by molar-refractivity contribution is -0.121. The van der Waals surface area contributed by atoms with E-state index in [1.54, 1.807) is 26.1 Å². The van der Waals surface area contributed by atoms with Crippen molar-refractivity contribution in [1.82, 2.24) is 4.90 Å². The molecule has 6 heteroatoms. The van der Waals surface area contributed by atoms with Gasteiger partial charge in [-0.15, -0.1) is 0 Å². The third kappa shape index (κ3) is 3.91. The van der Waals surface area contributed by atoms with E-state index in [0.29, 0.717) is 28.2 Å². The molecule has 152 valence electrons. The number of hydrogen-bond donors (Lipinski definition) is 0. The van der Waals surface area contributed by atoms with E-state index in [1.165, 1.54) is 22.5 Å². The number of rotatable bonds is 5. The molecule has 1 amide bonds. The first-order valence-corrected chi connectivity index (χ1v) is 10.3. The molecule has 1 saturated heterocycles. The quantitative estimate of drug-likeness (QED) is 0.550. The molecule has 0 radical (unpaired) electrons. The van der Waals surface area contributed by atoms with Crippen LogP contribution in [0.15, 0.2) is 70.6 Å². The Balaban J connectivity index is 1.56. The van der Waals surface area contributed by atoms with Crippen LogP contribution in [-0.2, 0) is 11.4 Å². The van der Waals surface area contributed by atoms with Crippen LogP contribution in [0, 0.1) is 0 Å². The van der Waals surface area contributed by atoms with Gasteiger partial charge in [-0.25, -0.2) is 0 Å². The summed E-state index contributed by atoms with van der Waals surface area (Å²) in [5, 5.41) is 3.05. The topological polar surface area (TPSA) is 51.1 Å². The number of hydrogen-bond acceptors (Lipinski definition) is 5. The molecule has 0 saturated carbocycles. The fourth-order valence-electron chi connectivity index (χ4n) is 3.37. The van der Waals surface area contributed by atoms with Crippen molar-refractivity contribution in [2.24, 2.45) is 4.99 Å². The molecule has 1 aliphatic heterocycles. The summed E-state index contributed by atoms with van der Waals surface area (Å²) < 4.78 is 11.6. The minimum Gasteiger partial charge on any atom is -0.493 e. The van der Waals surface area contributed by atoms with Crippen molar-refractivity contribution >= 4 is 39.7 Å². The van der Waals surface area contributed by atoms with Crippen molar-refractivity contribution in [3.05, 3.63) is 76.7 Å². The lowest BCUT2D eigenvalue weighted by Crippen LogP contribution is -2.23. The number of ether oxygens (including phenoxy) is 2. The molecule has 30 heavy (non-hydrogen) atoms. The average molecular weight is 419 g/mol. The highest BCUT2D eigenvalue weighted by Crippen LogP contribution is 2.34. The molecule has 0 N–H and O–H groups in total. The maximum absolute atomic E-state index is 12.4. The zero-order chi connectivity index (χ0) is 21.1. The summed E-state index contributed by atoms with van der Waals surface area (Å²) in [4.78, 5) is 18.7. The molecule has 0 aromatic heterocycles. The zero-order valence-corrected chi connectivity index (χ0v) is 17.9. The van der Waals surface area contributed by atoms with Gasteiger partial charge in [-0.3, -0.25) is 14.7 Å². The summed E-state index contributed by atoms with van der Waals surface area (Å²) in [6.45, 7) is 0.438. The number of benzene rings is 3. The number of carbonyl (C=O) groups is 1. The monoisotopic (exact) mass is 418 g/mol. The second-order valence-electron chi connectivity index (χ2n) is 6.82. The Hall–Kier alpha value is -3.25. The smallest absolute Gasteiger partial charge is 0.266 e. The second-order valence-corrected chi connectivity index (χ2v) is 7.83. The van der Waals surface area contributed by atoms with Gasteiger partial charge in [0.15, 0.2) is 16.7 Å². The number of amides is 1. The van der Waals surface area contributed by atoms with Crippen molar-refractivity contribution in [1.29, 1.82) is 0 Å². The first-order chi connectivity index (χ1) is 14.6. The van der Waals surface area contributed by atoms with Gasteiger partial charge in [0.2, 0.25) is 0 Å². The summed E-state index contributed by atoms with van der Waals surface area (Å²) in [5.74, 6) is 1.22. The summed E-state index contributed by atoms with van der Waals surface area (Å²) in [6.07, 6.45) is 1.85. The van der Waals surface area contributed by atoms with Gasteiger partial charge < -0.3 is 9.47 Å². The highest BCUT2D eigenvalue weighted by atomic mass is 32.2. The van der Waals surface area contributed by atoms with Crippen LogP contribution in [-0.4, -0.2) is 37.2 Å². The fourth-order valence-corrected chi connectivity index (χ4v) is 4.29. The molecule has 0 unspecified atom stereocenters. The predicted molar refractivity (Wildman–Crippen MR) is 123 cm³/mol. The van der Waals surface area contributed by atoms with Gasteiger partial charge in [-0.1, -0.05) is 48.5 Å². The Labute approximate surface area is 180 Å². The average Bonchev–Trinajstić information content (AvgIpc) is 3.05. The molecule has 0 spiro atoms. The first-order valence-electron chi connectivity index (χ1n) is 9.52. The molecule has 3 aromatic rings. The number of aliphatic imine (C=N–C) groups is 1. The largest absolute Gasteiger partial charge is 0.493 e. The van der Waals surface area contributed by atoms with Gasteiger partial charge in [-0.05, 0) is 51.9 Å². The van der Waals surface area contributed by atoms with Crippen molar-refractivity contribution in [2.45, 2.75) is 6.61 Å². The van der Waals surface area contributed by atoms with Crippen LogP contribution in [0.5, 0.6) is 11.5 Å². The van der Waals surface area contributed by atoms with Crippen LogP contribution in [0.3, 0.4) is 0 Å². The predicted octanol–water partition coefficient (Wildman–Crippen LogP) is 4.96. The van der Waals surface area contributed by atoms with Crippen molar-refractivity contribution < 1.29 is 14.3 Å². The molecular weight excluding hydrogens is 396 g/mol. The Bertz CT molecular complexity index is 1160. The fraction of sp³-hybridized carbons (Fsp3) is 0.167. The highest BCUT2D eigenvalue weighted by Gasteiger charge is 2.29. The molecule has 3 aromatic carbocycles. The van der Waals surface area contributed by atoms with E-state index >= 15 is 0 Å². The van der Waals surface area contributed by atoms with Gasteiger partial charge in [0.05, 0.1) is 12.0 Å². The van der Waals surface area contributed by atoms with Gasteiger partial charge in [-0.2, -0.15) is 0 Å². The standard InChI is InChI=1S/C24H22N2O3S/c1-25-24-26(2)23(27)22(30-24)14-16-11-12-20(21(13-16)28-3)29-15-18-9-6-8-17-7-4-5-10-19(17)18/h4-14H,15H2,1-3H3/b22-14+,25-24?. The molecule has 0 atom stereocenters. The Morgan fingerprint density at radius 2 is 1.87 bits per heavy atom. The summed E-state index contributed by atoms with van der Waals surface area (Å²) in [7, 11) is 5.02. The van der Waals surface area contributed by atoms with E-state index in [-0.39, 0.29) is 5.91 Å². The van der Waals surface area contributed by atoms with E-state index in [4.69, 9.17) is 9.47 Å². The number of fused-ring (bicyclic) bond motifs is 1. The highest BCUT2D eigenvalue weighted by molar-refractivity contribution is 8.18. The number of carbonyl (C=O) groups excluding carboxylic acids is 1. The Morgan fingerprint density at radius 3 is 2.63 bits per heavy atom. The number of thioether (sulfide) groups is 1. The summed E-state index contributed by atoms with van der Waals surface area (Å²) >= 11 is 1.36. The van der Waals surface area contributed by atoms with Gasteiger partial charge in [0.25, 0.3) is 5.91 Å². The van der Waals surface area contributed by atoms with Crippen molar-refractivity contribution in [3.63, 3.8) is 0 Å². The third-order valence-electron chi connectivity index (χ3n) is 4.94. The van der Waals surface area contributed by atoms with Crippen LogP contribution in [0.1, 0.15) is 11.1 Å². The van der Waals surface area contributed by atoms with E-state index in [1.807, 2.05) is 42.5 Å². The normalized spacial score (nSPS) is 16.6. The molecule has 0 bridgehead atoms. The second kappa shape index (κ2) is 8.63. The lowest BCUT2D eigenvalue weighted by atomic mass is 10.1. The van der Waals surface area contributed by atoms with E-state index in [2.05, 4.69) is 29.3 Å². The summed E-state index contributed by atoms with van der Waals surface area (Å²) in [6, 6.07) is 20.1. The summed E-state index contributed by atoms with van der Waals surface area (Å²) in [5.41, 5.74) is 1.98. The molecular formula is C24H22N2O3S.